The number of aryl methyl sites for hydroxylation is 1. The fourth-order valence-electron chi connectivity index (χ4n) is 3.42. The van der Waals surface area contributed by atoms with E-state index in [1.165, 1.54) is 25.5 Å². The first-order valence-corrected chi connectivity index (χ1v) is 9.48. The standard InChI is InChI=1S/C20H25N7/c1-3-17(8-14-4-5-14)27-13-16(10-24-27)20-18(6-7-21)22-11-19(25-20)15-9-23-26(2)12-15/h6-7,9-14,17,21-22H,3-5,8H2,1-2H3/b18-6-,21-7?. The average Bonchev–Trinajstić information content (AvgIpc) is 3.17. The van der Waals surface area contributed by atoms with E-state index in [2.05, 4.69) is 33.3 Å². The van der Waals surface area contributed by atoms with Crippen LogP contribution in [0.5, 0.6) is 0 Å². The Kier molecular flexibility index (Phi) is 4.75. The zero-order valence-corrected chi connectivity index (χ0v) is 15.8. The third-order valence-electron chi connectivity index (χ3n) is 5.13. The highest BCUT2D eigenvalue weighted by molar-refractivity contribution is 6.16. The van der Waals surface area contributed by atoms with Crippen LogP contribution in [0.2, 0.25) is 0 Å². The van der Waals surface area contributed by atoms with Gasteiger partial charge in [0.15, 0.2) is 0 Å². The highest BCUT2D eigenvalue weighted by Gasteiger charge is 2.26. The molecule has 7 nitrogen and oxygen atoms in total. The van der Waals surface area contributed by atoms with Gasteiger partial charge in [0, 0.05) is 43.0 Å². The SMILES string of the molecule is CCC(CC1CC1)n1cc(C2=NC(c3cnn(C)c3)=CN/C2=C\C=N)cn1. The van der Waals surface area contributed by atoms with Crippen LogP contribution in [-0.2, 0) is 7.05 Å². The van der Waals surface area contributed by atoms with Crippen LogP contribution >= 0.6 is 0 Å². The molecule has 0 amide bonds. The lowest BCUT2D eigenvalue weighted by atomic mass is 10.1. The Morgan fingerprint density at radius 3 is 2.74 bits per heavy atom. The van der Waals surface area contributed by atoms with E-state index in [9.17, 15) is 0 Å². The van der Waals surface area contributed by atoms with Crippen molar-refractivity contribution in [3.63, 3.8) is 0 Å². The number of nitrogens with zero attached hydrogens (tertiary/aromatic N) is 5. The molecule has 0 aromatic carbocycles. The molecule has 1 aliphatic heterocycles. The van der Waals surface area contributed by atoms with Crippen molar-refractivity contribution in [3.05, 3.63) is 53.9 Å². The molecule has 27 heavy (non-hydrogen) atoms. The van der Waals surface area contributed by atoms with E-state index < -0.39 is 0 Å². The van der Waals surface area contributed by atoms with E-state index in [-0.39, 0.29) is 0 Å². The molecule has 1 aliphatic carbocycles. The van der Waals surface area contributed by atoms with Gasteiger partial charge in [0.25, 0.3) is 0 Å². The Bertz CT molecular complexity index is 924. The van der Waals surface area contributed by atoms with E-state index in [0.29, 0.717) is 6.04 Å². The lowest BCUT2D eigenvalue weighted by Crippen LogP contribution is -2.21. The largest absolute Gasteiger partial charge is 0.358 e. The highest BCUT2D eigenvalue weighted by atomic mass is 15.3. The Balaban J connectivity index is 1.65. The Labute approximate surface area is 159 Å². The number of nitrogens with one attached hydrogen (secondary N) is 2. The molecule has 1 atom stereocenters. The second-order valence-electron chi connectivity index (χ2n) is 7.23. The van der Waals surface area contributed by atoms with Gasteiger partial charge in [-0.2, -0.15) is 10.2 Å². The fourth-order valence-corrected chi connectivity index (χ4v) is 3.42. The summed E-state index contributed by atoms with van der Waals surface area (Å²) in [4.78, 5) is 4.84. The number of allylic oxidation sites excluding steroid dienone is 2. The number of rotatable bonds is 7. The number of hydrogen-bond acceptors (Lipinski definition) is 5. The van der Waals surface area contributed by atoms with E-state index in [1.807, 2.05) is 25.6 Å². The van der Waals surface area contributed by atoms with Crippen molar-refractivity contribution in [3.8, 4) is 0 Å². The average molecular weight is 363 g/mol. The van der Waals surface area contributed by atoms with Crippen LogP contribution in [0.4, 0.5) is 0 Å². The first-order chi connectivity index (χ1) is 13.2. The minimum absolute atomic E-state index is 0.437. The molecule has 0 bridgehead atoms. The first-order valence-electron chi connectivity index (χ1n) is 9.48. The van der Waals surface area contributed by atoms with E-state index >= 15 is 0 Å². The van der Waals surface area contributed by atoms with Crippen molar-refractivity contribution in [2.24, 2.45) is 18.0 Å². The number of hydrogen-bond donors (Lipinski definition) is 2. The van der Waals surface area contributed by atoms with Gasteiger partial charge >= 0.3 is 0 Å². The Morgan fingerprint density at radius 1 is 1.26 bits per heavy atom. The molecule has 0 spiro atoms. The van der Waals surface area contributed by atoms with Crippen LogP contribution in [0.3, 0.4) is 0 Å². The minimum atomic E-state index is 0.437. The smallest absolute Gasteiger partial charge is 0.0976 e. The van der Waals surface area contributed by atoms with Gasteiger partial charge in [0.1, 0.15) is 0 Å². The molecule has 3 heterocycles. The summed E-state index contributed by atoms with van der Waals surface area (Å²) in [6.07, 6.45) is 17.5. The lowest BCUT2D eigenvalue weighted by molar-refractivity contribution is 0.393. The van der Waals surface area contributed by atoms with Gasteiger partial charge in [0.2, 0.25) is 0 Å². The second kappa shape index (κ2) is 7.34. The second-order valence-corrected chi connectivity index (χ2v) is 7.23. The zero-order valence-electron chi connectivity index (χ0n) is 15.8. The monoisotopic (exact) mass is 363 g/mol. The molecule has 0 radical (unpaired) electrons. The summed E-state index contributed by atoms with van der Waals surface area (Å²) in [7, 11) is 1.89. The number of aliphatic imine (C=N–C) groups is 1. The zero-order chi connectivity index (χ0) is 18.8. The molecule has 140 valence electrons. The predicted octanol–water partition coefficient (Wildman–Crippen LogP) is 3.29. The first kappa shape index (κ1) is 17.5. The van der Waals surface area contributed by atoms with E-state index in [1.54, 1.807) is 17.0 Å². The molecule has 0 saturated heterocycles. The van der Waals surface area contributed by atoms with Crippen LogP contribution in [0.15, 0.2) is 47.8 Å². The molecule has 1 unspecified atom stereocenters. The Morgan fingerprint density at radius 2 is 2.07 bits per heavy atom. The summed E-state index contributed by atoms with van der Waals surface area (Å²) in [5.41, 5.74) is 4.32. The maximum Gasteiger partial charge on any atom is 0.0976 e. The van der Waals surface area contributed by atoms with Gasteiger partial charge in [-0.05, 0) is 24.8 Å². The maximum atomic E-state index is 7.45. The molecule has 2 N–H and O–H groups in total. The van der Waals surface area contributed by atoms with Crippen molar-refractivity contribution in [1.29, 1.82) is 5.41 Å². The third-order valence-corrected chi connectivity index (χ3v) is 5.13. The summed E-state index contributed by atoms with van der Waals surface area (Å²) in [6.45, 7) is 2.22. The predicted molar refractivity (Wildman–Crippen MR) is 107 cm³/mol. The molecular formula is C20H25N7. The maximum absolute atomic E-state index is 7.45. The van der Waals surface area contributed by atoms with Gasteiger partial charge in [-0.1, -0.05) is 19.8 Å². The van der Waals surface area contributed by atoms with Gasteiger partial charge in [-0.15, -0.1) is 0 Å². The summed E-state index contributed by atoms with van der Waals surface area (Å²) in [5, 5.41) is 19.6. The fraction of sp³-hybridized carbons (Fsp3) is 0.400. The molecule has 7 heteroatoms. The molecule has 1 fully saturated rings. The van der Waals surface area contributed by atoms with Crippen molar-refractivity contribution < 1.29 is 0 Å². The van der Waals surface area contributed by atoms with Crippen LogP contribution in [-0.4, -0.2) is 31.5 Å². The molecular weight excluding hydrogens is 338 g/mol. The van der Waals surface area contributed by atoms with Gasteiger partial charge < -0.3 is 10.7 Å². The van der Waals surface area contributed by atoms with Crippen LogP contribution in [0.25, 0.3) is 5.70 Å². The van der Waals surface area contributed by atoms with Crippen molar-refractivity contribution in [2.75, 3.05) is 0 Å². The van der Waals surface area contributed by atoms with Crippen molar-refractivity contribution in [1.82, 2.24) is 24.9 Å². The minimum Gasteiger partial charge on any atom is -0.358 e. The summed E-state index contributed by atoms with van der Waals surface area (Å²) in [5.74, 6) is 0.866. The number of aromatic nitrogens is 4. The van der Waals surface area contributed by atoms with Crippen molar-refractivity contribution in [2.45, 2.75) is 38.6 Å². The third kappa shape index (κ3) is 3.77. The Hall–Kier alpha value is -2.96. The van der Waals surface area contributed by atoms with Crippen LogP contribution in [0, 0.1) is 11.3 Å². The highest BCUT2D eigenvalue weighted by Crippen LogP contribution is 2.37. The van der Waals surface area contributed by atoms with Gasteiger partial charge in [-0.3, -0.25) is 9.36 Å². The van der Waals surface area contributed by atoms with Gasteiger partial charge in [0.05, 0.1) is 35.5 Å². The molecule has 2 aromatic heterocycles. The molecule has 4 rings (SSSR count). The molecule has 2 aromatic rings. The van der Waals surface area contributed by atoms with Crippen LogP contribution in [0.1, 0.15) is 49.8 Å². The molecule has 2 aliphatic rings. The van der Waals surface area contributed by atoms with Gasteiger partial charge in [-0.25, -0.2) is 4.99 Å². The van der Waals surface area contributed by atoms with E-state index in [4.69, 9.17) is 10.4 Å². The molecule has 1 saturated carbocycles. The van der Waals surface area contributed by atoms with Crippen molar-refractivity contribution >= 4 is 17.6 Å². The lowest BCUT2D eigenvalue weighted by Gasteiger charge is -2.17. The summed E-state index contributed by atoms with van der Waals surface area (Å²) >= 11 is 0. The topological polar surface area (TPSA) is 83.9 Å². The quantitative estimate of drug-likeness (QED) is 0.740. The van der Waals surface area contributed by atoms with E-state index in [0.717, 1.165) is 40.6 Å². The summed E-state index contributed by atoms with van der Waals surface area (Å²) < 4.78 is 3.84. The summed E-state index contributed by atoms with van der Waals surface area (Å²) in [6, 6.07) is 0.437. The normalized spacial score (nSPS) is 19.4. The van der Waals surface area contributed by atoms with Crippen LogP contribution < -0.4 is 5.32 Å².